The molecule has 0 aliphatic rings. The molecule has 0 aliphatic carbocycles. The molecule has 0 aromatic heterocycles. The first-order valence-electron chi connectivity index (χ1n) is 6.74. The summed E-state index contributed by atoms with van der Waals surface area (Å²) in [5.74, 6) is -0.179. The van der Waals surface area contributed by atoms with E-state index in [1.165, 1.54) is 12.3 Å². The van der Waals surface area contributed by atoms with E-state index in [0.717, 1.165) is 11.1 Å². The van der Waals surface area contributed by atoms with Crippen molar-refractivity contribution < 1.29 is 4.79 Å². The minimum atomic E-state index is -0.0958. The van der Waals surface area contributed by atoms with E-state index in [9.17, 15) is 4.79 Å². The maximum atomic E-state index is 12.0. The van der Waals surface area contributed by atoms with E-state index in [0.29, 0.717) is 10.6 Å². The van der Waals surface area contributed by atoms with Crippen molar-refractivity contribution in [2.75, 3.05) is 0 Å². The van der Waals surface area contributed by atoms with Gasteiger partial charge in [0, 0.05) is 10.6 Å². The molecule has 0 heterocycles. The van der Waals surface area contributed by atoms with Gasteiger partial charge < -0.3 is 11.5 Å². The van der Waals surface area contributed by atoms with Gasteiger partial charge in [0.15, 0.2) is 5.78 Å². The molecule has 116 valence electrons. The van der Waals surface area contributed by atoms with Crippen molar-refractivity contribution in [3.8, 4) is 0 Å². The highest BCUT2D eigenvalue weighted by atomic mass is 35.5. The molecule has 0 unspecified atom stereocenters. The molecule has 0 saturated carbocycles. The Kier molecular flexibility index (Phi) is 5.66. The van der Waals surface area contributed by atoms with Gasteiger partial charge in [0.1, 0.15) is 0 Å². The van der Waals surface area contributed by atoms with Crippen LogP contribution < -0.4 is 11.5 Å². The Hall–Kier alpha value is -2.92. The second-order valence-corrected chi connectivity index (χ2v) is 5.08. The van der Waals surface area contributed by atoms with Crippen molar-refractivity contribution in [3.63, 3.8) is 0 Å². The zero-order valence-electron chi connectivity index (χ0n) is 12.2. The molecular weight excluding hydrogens is 312 g/mol. The predicted octanol–water partition coefficient (Wildman–Crippen LogP) is 2.84. The van der Waals surface area contributed by atoms with Crippen molar-refractivity contribution in [2.24, 2.45) is 21.7 Å². The molecule has 0 saturated heterocycles. The molecule has 0 aliphatic heterocycles. The Morgan fingerprint density at radius 1 is 0.957 bits per heavy atom. The highest BCUT2D eigenvalue weighted by molar-refractivity contribution is 6.30. The number of hydrogen-bond donors (Lipinski definition) is 2. The maximum Gasteiger partial charge on any atom is 0.211 e. The summed E-state index contributed by atoms with van der Waals surface area (Å²) < 4.78 is 0. The molecule has 23 heavy (non-hydrogen) atoms. The summed E-state index contributed by atoms with van der Waals surface area (Å²) in [5, 5.41) is 7.84. The van der Waals surface area contributed by atoms with E-state index in [1.54, 1.807) is 30.3 Å². The van der Waals surface area contributed by atoms with Gasteiger partial charge in [0.2, 0.25) is 5.96 Å². The maximum absolute atomic E-state index is 12.0. The van der Waals surface area contributed by atoms with Crippen LogP contribution in [-0.2, 0) is 0 Å². The van der Waals surface area contributed by atoms with E-state index in [4.69, 9.17) is 23.1 Å². The highest BCUT2D eigenvalue weighted by Gasteiger charge is 2.00. The lowest BCUT2D eigenvalue weighted by Gasteiger charge is -1.97. The number of rotatable bonds is 5. The smallest absolute Gasteiger partial charge is 0.211 e. The van der Waals surface area contributed by atoms with Gasteiger partial charge >= 0.3 is 0 Å². The molecule has 6 heteroatoms. The first-order chi connectivity index (χ1) is 11.0. The Morgan fingerprint density at radius 3 is 2.17 bits per heavy atom. The van der Waals surface area contributed by atoms with Gasteiger partial charge in [-0.25, -0.2) is 0 Å². The molecule has 2 aromatic rings. The largest absolute Gasteiger partial charge is 0.369 e. The van der Waals surface area contributed by atoms with Crippen LogP contribution in [0.4, 0.5) is 0 Å². The molecular formula is C17H15ClN4O. The Bertz CT molecular complexity index is 758. The zero-order chi connectivity index (χ0) is 16.7. The SMILES string of the molecule is NC(N)=N/N=C/c1ccc(/C=C/C(=O)c2ccc(Cl)cc2)cc1. The highest BCUT2D eigenvalue weighted by Crippen LogP contribution is 2.11. The average molecular weight is 327 g/mol. The standard InChI is InChI=1S/C17H15ClN4O/c18-15-8-6-14(7-9-15)16(23)10-5-12-1-3-13(4-2-12)11-21-22-17(19)20/h1-11H,(H4,19,20,22)/b10-5+,21-11+. The molecule has 0 radical (unpaired) electrons. The fourth-order valence-corrected chi connectivity index (χ4v) is 1.86. The van der Waals surface area contributed by atoms with Crippen LogP contribution in [0.25, 0.3) is 6.08 Å². The van der Waals surface area contributed by atoms with Crippen LogP contribution in [0.1, 0.15) is 21.5 Å². The monoisotopic (exact) mass is 326 g/mol. The van der Waals surface area contributed by atoms with Crippen LogP contribution in [0.5, 0.6) is 0 Å². The second-order valence-electron chi connectivity index (χ2n) is 4.64. The number of nitrogens with zero attached hydrogens (tertiary/aromatic N) is 2. The lowest BCUT2D eigenvalue weighted by Crippen LogP contribution is -2.21. The third-order valence-corrected chi connectivity index (χ3v) is 3.12. The summed E-state index contributed by atoms with van der Waals surface area (Å²) in [6.45, 7) is 0. The number of halogens is 1. The van der Waals surface area contributed by atoms with Gasteiger partial charge in [-0.2, -0.15) is 5.10 Å². The van der Waals surface area contributed by atoms with Crippen LogP contribution in [0.15, 0.2) is 64.8 Å². The summed E-state index contributed by atoms with van der Waals surface area (Å²) >= 11 is 5.80. The number of guanidine groups is 1. The van der Waals surface area contributed by atoms with Crippen molar-refractivity contribution in [1.82, 2.24) is 0 Å². The minimum Gasteiger partial charge on any atom is -0.369 e. The summed E-state index contributed by atoms with van der Waals surface area (Å²) in [7, 11) is 0. The Labute approximate surface area is 139 Å². The number of ketones is 1. The van der Waals surface area contributed by atoms with Crippen molar-refractivity contribution >= 4 is 35.6 Å². The summed E-state index contributed by atoms with van der Waals surface area (Å²) in [6, 6.07) is 14.2. The van der Waals surface area contributed by atoms with Crippen LogP contribution in [0.2, 0.25) is 5.02 Å². The minimum absolute atomic E-state index is 0.0833. The zero-order valence-corrected chi connectivity index (χ0v) is 12.9. The van der Waals surface area contributed by atoms with E-state index in [2.05, 4.69) is 10.2 Å². The van der Waals surface area contributed by atoms with Crippen molar-refractivity contribution in [2.45, 2.75) is 0 Å². The number of hydrogen-bond acceptors (Lipinski definition) is 3. The number of carbonyl (C=O) groups is 1. The van der Waals surface area contributed by atoms with Crippen LogP contribution in [0.3, 0.4) is 0 Å². The molecule has 4 N–H and O–H groups in total. The van der Waals surface area contributed by atoms with Crippen LogP contribution >= 0.6 is 11.6 Å². The second kappa shape index (κ2) is 7.91. The molecule has 2 rings (SSSR count). The Balaban J connectivity index is 2.02. The fourth-order valence-electron chi connectivity index (χ4n) is 1.74. The first kappa shape index (κ1) is 16.5. The number of carbonyl (C=O) groups excluding carboxylic acids is 1. The fraction of sp³-hybridized carbons (Fsp3) is 0. The van der Waals surface area contributed by atoms with Crippen molar-refractivity contribution in [1.29, 1.82) is 0 Å². The van der Waals surface area contributed by atoms with Gasteiger partial charge in [-0.15, -0.1) is 5.10 Å². The summed E-state index contributed by atoms with van der Waals surface area (Å²) in [6.07, 6.45) is 4.80. The van der Waals surface area contributed by atoms with E-state index in [1.807, 2.05) is 24.3 Å². The third-order valence-electron chi connectivity index (χ3n) is 2.87. The number of nitrogens with two attached hydrogens (primary N) is 2. The molecule has 0 amide bonds. The van der Waals surface area contributed by atoms with E-state index < -0.39 is 0 Å². The quantitative estimate of drug-likeness (QED) is 0.291. The summed E-state index contributed by atoms with van der Waals surface area (Å²) in [4.78, 5) is 12.0. The average Bonchev–Trinajstić information content (AvgIpc) is 2.54. The Morgan fingerprint density at radius 2 is 1.57 bits per heavy atom. The number of benzene rings is 2. The third kappa shape index (κ3) is 5.41. The molecule has 0 atom stereocenters. The first-order valence-corrected chi connectivity index (χ1v) is 7.12. The molecule has 0 bridgehead atoms. The summed E-state index contributed by atoms with van der Waals surface area (Å²) in [5.41, 5.74) is 12.7. The van der Waals surface area contributed by atoms with Crippen LogP contribution in [0, 0.1) is 0 Å². The van der Waals surface area contributed by atoms with Crippen LogP contribution in [-0.4, -0.2) is 18.0 Å². The molecule has 0 spiro atoms. The van der Waals surface area contributed by atoms with E-state index in [-0.39, 0.29) is 11.7 Å². The lowest BCUT2D eigenvalue weighted by atomic mass is 10.1. The molecule has 2 aromatic carbocycles. The molecule has 0 fully saturated rings. The van der Waals surface area contributed by atoms with Gasteiger partial charge in [-0.1, -0.05) is 41.9 Å². The lowest BCUT2D eigenvalue weighted by molar-refractivity contribution is 0.104. The molecule has 5 nitrogen and oxygen atoms in total. The van der Waals surface area contributed by atoms with Gasteiger partial charge in [-0.3, -0.25) is 4.79 Å². The van der Waals surface area contributed by atoms with Crippen molar-refractivity contribution in [3.05, 3.63) is 76.3 Å². The topological polar surface area (TPSA) is 93.8 Å². The van der Waals surface area contributed by atoms with Gasteiger partial charge in [0.25, 0.3) is 0 Å². The normalized spacial score (nSPS) is 11.0. The van der Waals surface area contributed by atoms with Gasteiger partial charge in [-0.05, 0) is 41.5 Å². The van der Waals surface area contributed by atoms with Gasteiger partial charge in [0.05, 0.1) is 6.21 Å². The predicted molar refractivity (Wildman–Crippen MR) is 94.7 cm³/mol. The number of allylic oxidation sites excluding steroid dienone is 1. The van der Waals surface area contributed by atoms with E-state index >= 15 is 0 Å².